The van der Waals surface area contributed by atoms with Crippen LogP contribution in [0.15, 0.2) is 54.7 Å². The number of para-hydroxylation sites is 1. The van der Waals surface area contributed by atoms with Gasteiger partial charge in [0.05, 0.1) is 5.56 Å². The number of rotatable bonds is 4. The average molecular weight is 376 g/mol. The minimum atomic E-state index is 0.157. The summed E-state index contributed by atoms with van der Waals surface area (Å²) in [6.45, 7) is 6.49. The van der Waals surface area contributed by atoms with Crippen molar-refractivity contribution in [3.8, 4) is 0 Å². The lowest BCUT2D eigenvalue weighted by Crippen LogP contribution is -2.37. The molecule has 1 amide bonds. The van der Waals surface area contributed by atoms with E-state index >= 15 is 0 Å². The van der Waals surface area contributed by atoms with E-state index in [2.05, 4.69) is 54.8 Å². The Morgan fingerprint density at radius 3 is 2.57 bits per heavy atom. The summed E-state index contributed by atoms with van der Waals surface area (Å²) in [5, 5.41) is 1.05. The van der Waals surface area contributed by atoms with Crippen molar-refractivity contribution >= 4 is 16.8 Å². The molecule has 0 aliphatic carbocycles. The molecular weight excluding hydrogens is 346 g/mol. The predicted molar refractivity (Wildman–Crippen MR) is 115 cm³/mol. The summed E-state index contributed by atoms with van der Waals surface area (Å²) in [4.78, 5) is 15.3. The number of likely N-dealkylation sites (tertiary alicyclic amines) is 1. The maximum absolute atomic E-state index is 13.3. The van der Waals surface area contributed by atoms with Crippen LogP contribution in [0, 0.1) is 0 Å². The maximum Gasteiger partial charge on any atom is 0.256 e. The van der Waals surface area contributed by atoms with Gasteiger partial charge in [0.1, 0.15) is 0 Å². The highest BCUT2D eigenvalue weighted by Gasteiger charge is 2.27. The quantitative estimate of drug-likeness (QED) is 0.718. The number of carbonyl (C=O) groups excluding carboxylic acids is 1. The Bertz CT molecular complexity index is 980. The normalized spacial score (nSPS) is 15.5. The zero-order valence-electron chi connectivity index (χ0n) is 16.8. The van der Waals surface area contributed by atoms with Crippen LogP contribution in [0.1, 0.15) is 60.1 Å². The molecule has 146 valence electrons. The Kier molecular flexibility index (Phi) is 5.23. The largest absolute Gasteiger partial charge is 0.344 e. The lowest BCUT2D eigenvalue weighted by Gasteiger charge is -2.32. The van der Waals surface area contributed by atoms with E-state index in [4.69, 9.17) is 5.73 Å². The Labute approximate surface area is 166 Å². The Morgan fingerprint density at radius 1 is 1.11 bits per heavy atom. The molecule has 1 aliphatic heterocycles. The van der Waals surface area contributed by atoms with E-state index < -0.39 is 0 Å². The summed E-state index contributed by atoms with van der Waals surface area (Å²) < 4.78 is 2.20. The fourth-order valence-corrected chi connectivity index (χ4v) is 4.36. The number of piperidine rings is 1. The van der Waals surface area contributed by atoms with Crippen LogP contribution in [0.5, 0.6) is 0 Å². The fourth-order valence-electron chi connectivity index (χ4n) is 4.36. The van der Waals surface area contributed by atoms with Crippen LogP contribution in [0.3, 0.4) is 0 Å². The standard InChI is InChI=1S/C24H29N3O/c1-17(2)27-16-22(21-8-3-4-9-23(21)27)24(28)26-12-10-19(11-13-26)20-7-5-6-18(14-20)15-25/h3-9,14,16-17,19H,10-13,15,25H2,1-2H3. The molecule has 1 aromatic heterocycles. The van der Waals surface area contributed by atoms with Crippen LogP contribution in [0.4, 0.5) is 0 Å². The average Bonchev–Trinajstić information content (AvgIpc) is 3.13. The number of amides is 1. The van der Waals surface area contributed by atoms with Crippen LogP contribution >= 0.6 is 0 Å². The number of fused-ring (bicyclic) bond motifs is 1. The van der Waals surface area contributed by atoms with Gasteiger partial charge in [-0.05, 0) is 49.8 Å². The Hall–Kier alpha value is -2.59. The van der Waals surface area contributed by atoms with Crippen molar-refractivity contribution < 1.29 is 4.79 Å². The van der Waals surface area contributed by atoms with Crippen molar-refractivity contribution in [2.45, 2.75) is 45.2 Å². The lowest BCUT2D eigenvalue weighted by molar-refractivity contribution is 0.0714. The van der Waals surface area contributed by atoms with Crippen molar-refractivity contribution in [1.29, 1.82) is 0 Å². The SMILES string of the molecule is CC(C)n1cc(C(=O)N2CCC(c3cccc(CN)c3)CC2)c2ccccc21. The van der Waals surface area contributed by atoms with E-state index in [1.165, 1.54) is 11.1 Å². The molecule has 0 radical (unpaired) electrons. The third kappa shape index (κ3) is 3.45. The molecule has 0 spiro atoms. The van der Waals surface area contributed by atoms with Crippen LogP contribution in [-0.2, 0) is 6.54 Å². The highest BCUT2D eigenvalue weighted by molar-refractivity contribution is 6.07. The number of nitrogens with zero attached hydrogens (tertiary/aromatic N) is 2. The maximum atomic E-state index is 13.3. The molecule has 0 atom stereocenters. The molecule has 2 aromatic carbocycles. The van der Waals surface area contributed by atoms with E-state index in [9.17, 15) is 4.79 Å². The topological polar surface area (TPSA) is 51.3 Å². The van der Waals surface area contributed by atoms with Gasteiger partial charge in [0.15, 0.2) is 0 Å². The van der Waals surface area contributed by atoms with Gasteiger partial charge in [0, 0.05) is 42.8 Å². The molecule has 0 saturated carbocycles. The third-order valence-corrected chi connectivity index (χ3v) is 5.97. The van der Waals surface area contributed by atoms with E-state index in [0.717, 1.165) is 42.4 Å². The molecule has 4 rings (SSSR count). The van der Waals surface area contributed by atoms with Gasteiger partial charge in [-0.1, -0.05) is 42.5 Å². The predicted octanol–water partition coefficient (Wildman–Crippen LogP) is 4.70. The van der Waals surface area contributed by atoms with Gasteiger partial charge in [-0.15, -0.1) is 0 Å². The third-order valence-electron chi connectivity index (χ3n) is 5.97. The van der Waals surface area contributed by atoms with Gasteiger partial charge in [-0.3, -0.25) is 4.79 Å². The molecule has 3 aromatic rings. The molecule has 1 saturated heterocycles. The molecule has 28 heavy (non-hydrogen) atoms. The van der Waals surface area contributed by atoms with E-state index in [0.29, 0.717) is 18.5 Å². The summed E-state index contributed by atoms with van der Waals surface area (Å²) in [6.07, 6.45) is 4.04. The Morgan fingerprint density at radius 2 is 1.86 bits per heavy atom. The summed E-state index contributed by atoms with van der Waals surface area (Å²) >= 11 is 0. The molecule has 2 N–H and O–H groups in total. The van der Waals surface area contributed by atoms with Crippen LogP contribution < -0.4 is 5.73 Å². The second-order valence-corrected chi connectivity index (χ2v) is 8.08. The van der Waals surface area contributed by atoms with Crippen LogP contribution in [0.2, 0.25) is 0 Å². The van der Waals surface area contributed by atoms with E-state index in [1.807, 2.05) is 23.2 Å². The Balaban J connectivity index is 1.52. The first kappa shape index (κ1) is 18.8. The van der Waals surface area contributed by atoms with Crippen LogP contribution in [-0.4, -0.2) is 28.5 Å². The van der Waals surface area contributed by atoms with Crippen molar-refractivity contribution in [3.63, 3.8) is 0 Å². The summed E-state index contributed by atoms with van der Waals surface area (Å²) in [7, 11) is 0. The molecule has 4 heteroatoms. The lowest BCUT2D eigenvalue weighted by atomic mass is 9.88. The van der Waals surface area contributed by atoms with Gasteiger partial charge >= 0.3 is 0 Å². The monoisotopic (exact) mass is 375 g/mol. The molecule has 1 fully saturated rings. The number of benzene rings is 2. The van der Waals surface area contributed by atoms with E-state index in [-0.39, 0.29) is 5.91 Å². The molecule has 2 heterocycles. The number of aromatic nitrogens is 1. The second-order valence-electron chi connectivity index (χ2n) is 8.08. The number of hydrogen-bond donors (Lipinski definition) is 1. The minimum absolute atomic E-state index is 0.157. The molecule has 0 unspecified atom stereocenters. The summed E-state index contributed by atoms with van der Waals surface area (Å²) in [5.74, 6) is 0.664. The van der Waals surface area contributed by atoms with Crippen molar-refractivity contribution in [2.75, 3.05) is 13.1 Å². The zero-order valence-corrected chi connectivity index (χ0v) is 16.8. The first-order valence-electron chi connectivity index (χ1n) is 10.3. The van der Waals surface area contributed by atoms with Crippen molar-refractivity contribution in [1.82, 2.24) is 9.47 Å². The first-order valence-corrected chi connectivity index (χ1v) is 10.3. The first-order chi connectivity index (χ1) is 13.6. The van der Waals surface area contributed by atoms with Gasteiger partial charge in [0.25, 0.3) is 5.91 Å². The number of hydrogen-bond acceptors (Lipinski definition) is 2. The van der Waals surface area contributed by atoms with Gasteiger partial charge in [0.2, 0.25) is 0 Å². The number of carbonyl (C=O) groups is 1. The fraction of sp³-hybridized carbons (Fsp3) is 0.375. The molecule has 1 aliphatic rings. The van der Waals surface area contributed by atoms with Crippen LogP contribution in [0.25, 0.3) is 10.9 Å². The molecule has 0 bridgehead atoms. The summed E-state index contributed by atoms with van der Waals surface area (Å²) in [5.41, 5.74) is 10.3. The smallest absolute Gasteiger partial charge is 0.256 e. The number of nitrogens with two attached hydrogens (primary N) is 1. The van der Waals surface area contributed by atoms with Gasteiger partial charge in [-0.2, -0.15) is 0 Å². The van der Waals surface area contributed by atoms with Gasteiger partial charge in [-0.25, -0.2) is 0 Å². The van der Waals surface area contributed by atoms with Crippen molar-refractivity contribution in [3.05, 3.63) is 71.4 Å². The minimum Gasteiger partial charge on any atom is -0.344 e. The highest BCUT2D eigenvalue weighted by Crippen LogP contribution is 2.31. The zero-order chi connectivity index (χ0) is 19.7. The second kappa shape index (κ2) is 7.80. The highest BCUT2D eigenvalue weighted by atomic mass is 16.2. The van der Waals surface area contributed by atoms with Crippen molar-refractivity contribution in [2.24, 2.45) is 5.73 Å². The molecular formula is C24H29N3O. The molecule has 4 nitrogen and oxygen atoms in total. The van der Waals surface area contributed by atoms with Gasteiger partial charge < -0.3 is 15.2 Å². The summed E-state index contributed by atoms with van der Waals surface area (Å²) in [6, 6.07) is 17.1. The van der Waals surface area contributed by atoms with E-state index in [1.54, 1.807) is 0 Å².